The van der Waals surface area contributed by atoms with Crippen molar-refractivity contribution in [1.29, 1.82) is 0 Å². The van der Waals surface area contributed by atoms with Gasteiger partial charge in [-0.15, -0.1) is 0 Å². The van der Waals surface area contributed by atoms with Gasteiger partial charge in [0.25, 0.3) is 0 Å². The molecule has 0 aromatic carbocycles. The minimum atomic E-state index is -1.01. The minimum Gasteiger partial charge on any atom is -1.00 e. The molecule has 0 fully saturated rings. The van der Waals surface area contributed by atoms with E-state index in [9.17, 15) is 4.79 Å². The fourth-order valence-electron chi connectivity index (χ4n) is 0.498. The molecular weight excluding hydrogens is 152 g/mol. The summed E-state index contributed by atoms with van der Waals surface area (Å²) in [6, 6.07) is 0. The molecule has 58 valence electrons. The van der Waals surface area contributed by atoms with Crippen LogP contribution in [0.3, 0.4) is 0 Å². The van der Waals surface area contributed by atoms with Gasteiger partial charge in [0.15, 0.2) is 0 Å². The van der Waals surface area contributed by atoms with Crippen LogP contribution in [0, 0.1) is 0 Å². The quantitative estimate of drug-likeness (QED) is 0.469. The van der Waals surface area contributed by atoms with Crippen molar-refractivity contribution < 1.29 is 7.65 Å². The first kappa shape index (κ1) is 13.3. The molecule has 1 atom stereocenters. The van der Waals surface area contributed by atoms with Crippen LogP contribution in [0.1, 0.15) is 16.2 Å². The van der Waals surface area contributed by atoms with Crippen molar-refractivity contribution in [3.8, 4) is 0 Å². The minimum absolute atomic E-state index is 0. The van der Waals surface area contributed by atoms with E-state index in [-0.39, 0.29) is 25.9 Å². The molecule has 0 aliphatic carbocycles. The Morgan fingerprint density at radius 3 is 2.00 bits per heavy atom. The van der Waals surface area contributed by atoms with Gasteiger partial charge in [-0.05, 0) is 5.54 Å². The van der Waals surface area contributed by atoms with Crippen LogP contribution in [0.2, 0.25) is 25.2 Å². The van der Waals surface area contributed by atoms with Crippen molar-refractivity contribution in [2.75, 3.05) is 0 Å². The van der Waals surface area contributed by atoms with Crippen LogP contribution < -0.4 is 0 Å². The maximum atomic E-state index is 10.1. The number of rotatable bonds is 3. The summed E-state index contributed by atoms with van der Waals surface area (Å²) >= 11 is 0. The molecule has 0 aliphatic rings. The Bertz CT molecular complexity index is 106. The average Bonchev–Trinajstić information content (AvgIpc) is 1.64. The Morgan fingerprint density at radius 2 is 1.90 bits per heavy atom. The van der Waals surface area contributed by atoms with Crippen LogP contribution in [0.25, 0.3) is 0 Å². The molecule has 0 rings (SSSR count). The molecule has 0 heterocycles. The summed E-state index contributed by atoms with van der Waals surface area (Å²) in [7, 11) is -1.01. The van der Waals surface area contributed by atoms with Gasteiger partial charge in [-0.1, -0.05) is 26.6 Å². The summed E-state index contributed by atoms with van der Waals surface area (Å²) in [6.45, 7) is 9.05. The number of hydrogen-bond donors (Lipinski definition) is 0. The van der Waals surface area contributed by atoms with E-state index in [2.05, 4.69) is 26.6 Å². The fraction of sp³-hybridized carbons (Fsp3) is 0.857. The second-order valence-electron chi connectivity index (χ2n) is 3.67. The molecular formula is C7H18MgOSi. The van der Waals surface area contributed by atoms with Gasteiger partial charge in [-0.3, -0.25) is 0 Å². The second kappa shape index (κ2) is 5.32. The van der Waals surface area contributed by atoms with Gasteiger partial charge in [0.2, 0.25) is 0 Å². The summed E-state index contributed by atoms with van der Waals surface area (Å²) in [5, 5.41) is 0. The normalized spacial score (nSPS) is 13.6. The van der Waals surface area contributed by atoms with Crippen LogP contribution in [0.4, 0.5) is 0 Å². The first-order valence-corrected chi connectivity index (χ1v) is 7.00. The van der Waals surface area contributed by atoms with Crippen molar-refractivity contribution in [2.45, 2.75) is 38.5 Å². The molecule has 10 heavy (non-hydrogen) atoms. The number of carbonyl (C=O) groups is 1. The van der Waals surface area contributed by atoms with Gasteiger partial charge in [0.05, 0.1) is 0 Å². The van der Waals surface area contributed by atoms with E-state index in [1.54, 1.807) is 0 Å². The zero-order valence-electron chi connectivity index (χ0n) is 9.48. The SMILES string of the molecule is CC(CC=O)[Si](C)(C)C.[H-].[H-].[Mg+2]. The van der Waals surface area contributed by atoms with Crippen molar-refractivity contribution in [1.82, 2.24) is 0 Å². The maximum Gasteiger partial charge on any atom is 2.00 e. The van der Waals surface area contributed by atoms with E-state index in [1.165, 1.54) is 0 Å². The van der Waals surface area contributed by atoms with Gasteiger partial charge in [0.1, 0.15) is 6.29 Å². The Morgan fingerprint density at radius 1 is 1.50 bits per heavy atom. The third-order valence-corrected chi connectivity index (χ3v) is 5.12. The summed E-state index contributed by atoms with van der Waals surface area (Å²) in [4.78, 5) is 10.1. The first-order chi connectivity index (χ1) is 3.98. The zero-order chi connectivity index (χ0) is 7.49. The van der Waals surface area contributed by atoms with Gasteiger partial charge in [-0.2, -0.15) is 0 Å². The van der Waals surface area contributed by atoms with E-state index in [1.807, 2.05) is 0 Å². The van der Waals surface area contributed by atoms with E-state index in [0.29, 0.717) is 5.54 Å². The molecule has 0 bridgehead atoms. The van der Waals surface area contributed by atoms with E-state index in [4.69, 9.17) is 0 Å². The Balaban J connectivity index is -0.000000107. The van der Waals surface area contributed by atoms with Gasteiger partial charge in [0, 0.05) is 14.5 Å². The predicted octanol–water partition coefficient (Wildman–Crippen LogP) is 2.15. The largest absolute Gasteiger partial charge is 2.00 e. The Labute approximate surface area is 83.7 Å². The molecule has 0 saturated heterocycles. The molecule has 0 spiro atoms. The molecule has 3 heteroatoms. The Hall–Kier alpha value is 0.653. The van der Waals surface area contributed by atoms with Crippen molar-refractivity contribution in [3.05, 3.63) is 0 Å². The summed E-state index contributed by atoms with van der Waals surface area (Å²) in [5.74, 6) is 0. The van der Waals surface area contributed by atoms with E-state index < -0.39 is 8.07 Å². The monoisotopic (exact) mass is 170 g/mol. The van der Waals surface area contributed by atoms with Crippen LogP contribution in [-0.2, 0) is 4.79 Å². The van der Waals surface area contributed by atoms with Crippen molar-refractivity contribution in [3.63, 3.8) is 0 Å². The number of aldehydes is 1. The van der Waals surface area contributed by atoms with Gasteiger partial charge >= 0.3 is 23.1 Å². The molecule has 1 nitrogen and oxygen atoms in total. The summed E-state index contributed by atoms with van der Waals surface area (Å²) in [6.07, 6.45) is 1.78. The van der Waals surface area contributed by atoms with Crippen LogP contribution in [0.5, 0.6) is 0 Å². The van der Waals surface area contributed by atoms with E-state index >= 15 is 0 Å². The van der Waals surface area contributed by atoms with Crippen LogP contribution in [-0.4, -0.2) is 37.4 Å². The zero-order valence-corrected chi connectivity index (χ0v) is 9.89. The Kier molecular flexibility index (Phi) is 7.06. The number of hydrogen-bond acceptors (Lipinski definition) is 1. The maximum absolute atomic E-state index is 10.1. The molecule has 0 saturated carbocycles. The smallest absolute Gasteiger partial charge is 1.00 e. The standard InChI is InChI=1S/C7H16OSi.Mg.2H/c1-7(5-6-8)9(2,3)4;;;/h6-7H,5H2,1-4H3;;;/q;+2;2*-1. The first-order valence-electron chi connectivity index (χ1n) is 3.42. The number of carbonyl (C=O) groups excluding carboxylic acids is 1. The van der Waals surface area contributed by atoms with Crippen LogP contribution >= 0.6 is 0 Å². The average molecular weight is 171 g/mol. The fourth-order valence-corrected chi connectivity index (χ4v) is 1.30. The summed E-state index contributed by atoms with van der Waals surface area (Å²) in [5.41, 5.74) is 0.634. The van der Waals surface area contributed by atoms with Crippen LogP contribution in [0.15, 0.2) is 0 Å². The van der Waals surface area contributed by atoms with Crippen molar-refractivity contribution in [2.24, 2.45) is 0 Å². The molecule has 0 amide bonds. The summed E-state index contributed by atoms with van der Waals surface area (Å²) < 4.78 is 0. The van der Waals surface area contributed by atoms with Gasteiger partial charge in [-0.25, -0.2) is 0 Å². The molecule has 0 N–H and O–H groups in total. The molecule has 0 aliphatic heterocycles. The topological polar surface area (TPSA) is 17.1 Å². The third kappa shape index (κ3) is 5.44. The molecule has 0 radical (unpaired) electrons. The van der Waals surface area contributed by atoms with Crippen molar-refractivity contribution >= 4 is 37.4 Å². The van der Waals surface area contributed by atoms with E-state index in [0.717, 1.165) is 12.7 Å². The molecule has 0 aromatic heterocycles. The predicted molar refractivity (Wildman–Crippen MR) is 51.4 cm³/mol. The third-order valence-electron chi connectivity index (χ3n) is 1.93. The molecule has 0 aromatic rings. The molecule has 1 unspecified atom stereocenters. The second-order valence-corrected chi connectivity index (χ2v) is 9.39. The van der Waals surface area contributed by atoms with Gasteiger partial charge < -0.3 is 7.65 Å².